The summed E-state index contributed by atoms with van der Waals surface area (Å²) in [7, 11) is 0. The number of aromatic nitrogens is 4. The Balaban J connectivity index is 2.07. The normalized spacial score (nSPS) is 10.8. The minimum Gasteiger partial charge on any atom is -0.478 e. The molecule has 0 saturated carbocycles. The summed E-state index contributed by atoms with van der Waals surface area (Å²) >= 11 is 0. The van der Waals surface area contributed by atoms with Crippen LogP contribution in [0.5, 0.6) is 0 Å². The van der Waals surface area contributed by atoms with Crippen molar-refractivity contribution in [2.45, 2.75) is 13.5 Å². The number of hydrogen-bond donors (Lipinski definition) is 1. The molecule has 3 aromatic rings. The maximum Gasteiger partial charge on any atom is 0.335 e. The average Bonchev–Trinajstić information content (AvgIpc) is 2.75. The molecular formula is C14H12N4O2. The lowest BCUT2D eigenvalue weighted by molar-refractivity contribution is 0.0697. The number of benzene rings is 1. The van der Waals surface area contributed by atoms with Crippen LogP contribution in [0.2, 0.25) is 0 Å². The van der Waals surface area contributed by atoms with Crippen molar-refractivity contribution in [1.29, 1.82) is 0 Å². The minimum atomic E-state index is -0.951. The molecule has 0 saturated heterocycles. The highest BCUT2D eigenvalue weighted by molar-refractivity contribution is 5.92. The van der Waals surface area contributed by atoms with Gasteiger partial charge < -0.3 is 9.67 Å². The molecule has 20 heavy (non-hydrogen) atoms. The molecule has 0 fully saturated rings. The van der Waals surface area contributed by atoms with E-state index in [9.17, 15) is 4.79 Å². The zero-order chi connectivity index (χ0) is 14.1. The number of nitrogens with zero attached hydrogens (tertiary/aromatic N) is 4. The first-order chi connectivity index (χ1) is 9.65. The second-order valence-corrected chi connectivity index (χ2v) is 4.47. The topological polar surface area (TPSA) is 80.9 Å². The SMILES string of the molecule is Cc1nc2cc(C(=O)O)ccc2n1Cc1cccnn1. The lowest BCUT2D eigenvalue weighted by Gasteiger charge is -2.05. The van der Waals surface area contributed by atoms with E-state index in [1.807, 2.05) is 23.6 Å². The van der Waals surface area contributed by atoms with E-state index in [0.717, 1.165) is 17.0 Å². The number of imidazole rings is 1. The van der Waals surface area contributed by atoms with Crippen LogP contribution < -0.4 is 0 Å². The molecule has 2 heterocycles. The van der Waals surface area contributed by atoms with E-state index in [4.69, 9.17) is 5.11 Å². The predicted molar refractivity (Wildman–Crippen MR) is 72.6 cm³/mol. The van der Waals surface area contributed by atoms with E-state index < -0.39 is 5.97 Å². The molecule has 1 N–H and O–H groups in total. The van der Waals surface area contributed by atoms with E-state index in [0.29, 0.717) is 12.1 Å². The standard InChI is InChI=1S/C14H12N4O2/c1-9-16-12-7-10(14(19)20)4-5-13(12)18(9)8-11-3-2-6-15-17-11/h2-7H,8H2,1H3,(H,19,20). The first kappa shape index (κ1) is 12.3. The van der Waals surface area contributed by atoms with E-state index in [-0.39, 0.29) is 5.56 Å². The van der Waals surface area contributed by atoms with Crippen LogP contribution in [0.4, 0.5) is 0 Å². The van der Waals surface area contributed by atoms with E-state index >= 15 is 0 Å². The molecule has 0 aliphatic rings. The van der Waals surface area contributed by atoms with Crippen LogP contribution in [0, 0.1) is 6.92 Å². The van der Waals surface area contributed by atoms with Crippen LogP contribution in [-0.4, -0.2) is 30.8 Å². The number of hydrogen-bond acceptors (Lipinski definition) is 4. The molecule has 0 unspecified atom stereocenters. The van der Waals surface area contributed by atoms with Gasteiger partial charge in [-0.2, -0.15) is 10.2 Å². The number of carbonyl (C=O) groups is 1. The van der Waals surface area contributed by atoms with Gasteiger partial charge in [0.25, 0.3) is 0 Å². The number of aromatic carboxylic acids is 1. The van der Waals surface area contributed by atoms with E-state index in [1.54, 1.807) is 24.4 Å². The fourth-order valence-electron chi connectivity index (χ4n) is 2.16. The van der Waals surface area contributed by atoms with Gasteiger partial charge in [0.15, 0.2) is 0 Å². The third-order valence-electron chi connectivity index (χ3n) is 3.13. The second-order valence-electron chi connectivity index (χ2n) is 4.47. The van der Waals surface area contributed by atoms with Gasteiger partial charge in [0.1, 0.15) is 5.82 Å². The fraction of sp³-hybridized carbons (Fsp3) is 0.143. The van der Waals surface area contributed by atoms with Gasteiger partial charge >= 0.3 is 5.97 Å². The van der Waals surface area contributed by atoms with Crippen LogP contribution in [0.25, 0.3) is 11.0 Å². The van der Waals surface area contributed by atoms with Crippen molar-refractivity contribution in [3.63, 3.8) is 0 Å². The first-order valence-corrected chi connectivity index (χ1v) is 6.12. The summed E-state index contributed by atoms with van der Waals surface area (Å²) in [6.07, 6.45) is 1.63. The quantitative estimate of drug-likeness (QED) is 0.784. The van der Waals surface area contributed by atoms with Crippen molar-refractivity contribution in [3.05, 3.63) is 53.6 Å². The average molecular weight is 268 g/mol. The smallest absolute Gasteiger partial charge is 0.335 e. The highest BCUT2D eigenvalue weighted by Gasteiger charge is 2.11. The maximum absolute atomic E-state index is 11.0. The lowest BCUT2D eigenvalue weighted by atomic mass is 10.2. The van der Waals surface area contributed by atoms with Crippen LogP contribution in [0.3, 0.4) is 0 Å². The zero-order valence-corrected chi connectivity index (χ0v) is 10.8. The second kappa shape index (κ2) is 4.73. The number of fused-ring (bicyclic) bond motifs is 1. The summed E-state index contributed by atoms with van der Waals surface area (Å²) in [5.41, 5.74) is 2.63. The summed E-state index contributed by atoms with van der Waals surface area (Å²) in [4.78, 5) is 15.4. The molecule has 2 aromatic heterocycles. The van der Waals surface area contributed by atoms with Crippen molar-refractivity contribution < 1.29 is 9.90 Å². The highest BCUT2D eigenvalue weighted by atomic mass is 16.4. The van der Waals surface area contributed by atoms with Gasteiger partial charge in [-0.15, -0.1) is 0 Å². The molecule has 0 amide bonds. The predicted octanol–water partition coefficient (Wildman–Crippen LogP) is 1.88. The van der Waals surface area contributed by atoms with Crippen molar-refractivity contribution in [2.24, 2.45) is 0 Å². The molecule has 0 aliphatic carbocycles. The number of aryl methyl sites for hydroxylation is 1. The number of carboxylic acid groups (broad SMARTS) is 1. The van der Waals surface area contributed by atoms with Gasteiger partial charge in [-0.25, -0.2) is 9.78 Å². The molecule has 0 aliphatic heterocycles. The van der Waals surface area contributed by atoms with Crippen LogP contribution >= 0.6 is 0 Å². The molecule has 6 heteroatoms. The Bertz CT molecular complexity index is 780. The number of rotatable bonds is 3. The van der Waals surface area contributed by atoms with Gasteiger partial charge in [0.2, 0.25) is 0 Å². The third-order valence-corrected chi connectivity index (χ3v) is 3.13. The van der Waals surface area contributed by atoms with Crippen LogP contribution in [0.15, 0.2) is 36.5 Å². The fourth-order valence-corrected chi connectivity index (χ4v) is 2.16. The Morgan fingerprint density at radius 1 is 1.35 bits per heavy atom. The van der Waals surface area contributed by atoms with Crippen molar-refractivity contribution >= 4 is 17.0 Å². The zero-order valence-electron chi connectivity index (χ0n) is 10.8. The van der Waals surface area contributed by atoms with Crippen LogP contribution in [0.1, 0.15) is 21.9 Å². The summed E-state index contributed by atoms with van der Waals surface area (Å²) in [5.74, 6) is -0.138. The highest BCUT2D eigenvalue weighted by Crippen LogP contribution is 2.18. The van der Waals surface area contributed by atoms with Crippen molar-refractivity contribution in [1.82, 2.24) is 19.7 Å². The molecule has 6 nitrogen and oxygen atoms in total. The molecule has 0 radical (unpaired) electrons. The van der Waals surface area contributed by atoms with Crippen molar-refractivity contribution in [2.75, 3.05) is 0 Å². The summed E-state index contributed by atoms with van der Waals surface area (Å²) < 4.78 is 1.99. The molecule has 0 spiro atoms. The first-order valence-electron chi connectivity index (χ1n) is 6.12. The Morgan fingerprint density at radius 2 is 2.20 bits per heavy atom. The molecule has 0 atom stereocenters. The molecule has 100 valence electrons. The summed E-state index contributed by atoms with van der Waals surface area (Å²) in [5, 5.41) is 16.9. The Kier molecular flexibility index (Phi) is 2.90. The largest absolute Gasteiger partial charge is 0.478 e. The van der Waals surface area contributed by atoms with E-state index in [2.05, 4.69) is 15.2 Å². The number of carboxylic acids is 1. The van der Waals surface area contributed by atoms with Crippen LogP contribution in [-0.2, 0) is 6.54 Å². The summed E-state index contributed by atoms with van der Waals surface area (Å²) in [6, 6.07) is 8.66. The van der Waals surface area contributed by atoms with Gasteiger partial charge in [-0.3, -0.25) is 0 Å². The Labute approximate surface area is 114 Å². The molecule has 0 bridgehead atoms. The third kappa shape index (κ3) is 2.11. The van der Waals surface area contributed by atoms with E-state index in [1.165, 1.54) is 0 Å². The van der Waals surface area contributed by atoms with Gasteiger partial charge in [0.05, 0.1) is 28.8 Å². The maximum atomic E-state index is 11.0. The lowest BCUT2D eigenvalue weighted by Crippen LogP contribution is -2.04. The Morgan fingerprint density at radius 3 is 2.90 bits per heavy atom. The monoisotopic (exact) mass is 268 g/mol. The van der Waals surface area contributed by atoms with Gasteiger partial charge in [-0.05, 0) is 37.3 Å². The van der Waals surface area contributed by atoms with Crippen molar-refractivity contribution in [3.8, 4) is 0 Å². The summed E-state index contributed by atoms with van der Waals surface area (Å²) in [6.45, 7) is 2.44. The Hall–Kier alpha value is -2.76. The van der Waals surface area contributed by atoms with Gasteiger partial charge in [0, 0.05) is 6.20 Å². The van der Waals surface area contributed by atoms with Gasteiger partial charge in [-0.1, -0.05) is 0 Å². The molecule has 3 rings (SSSR count). The minimum absolute atomic E-state index is 0.238. The molecular weight excluding hydrogens is 256 g/mol. The molecule has 1 aromatic carbocycles.